The summed E-state index contributed by atoms with van der Waals surface area (Å²) >= 11 is 0. The number of sulfone groups is 2. The van der Waals surface area contributed by atoms with Gasteiger partial charge in [0.05, 0.1) is 35.7 Å². The van der Waals surface area contributed by atoms with Crippen LogP contribution < -0.4 is 15.5 Å². The van der Waals surface area contributed by atoms with Gasteiger partial charge in [-0.15, -0.1) is 0 Å². The normalized spacial score (nSPS) is 22.3. The molecule has 12 nitrogen and oxygen atoms in total. The fourth-order valence-electron chi connectivity index (χ4n) is 9.98. The molecule has 0 aromatic heterocycles. The number of nitrogens with zero attached hydrogens (tertiary/aromatic N) is 3. The average Bonchev–Trinajstić information content (AvgIpc) is 3.66. The Hall–Kier alpha value is -4.45. The van der Waals surface area contributed by atoms with E-state index >= 15 is 13.2 Å². The molecule has 3 saturated heterocycles. The van der Waals surface area contributed by atoms with Gasteiger partial charge in [0.15, 0.2) is 15.5 Å². The molecule has 3 atom stereocenters. The van der Waals surface area contributed by atoms with Gasteiger partial charge in [0.2, 0.25) is 9.84 Å². The standard InChI is InChI=1S/C44H54F3N5O7S2/c1-59-42(54)49-39-13-5-12-37(39)44(30-50-19-7-20-50,33-9-4-10-34(45)25-33)32-16-21-51(22-17-32)27-43(47)28-52(29-43)40-15-14-36(26-38(40)46)61(57,58)35-11-3-8-31(24-35)41(53)48-18-6-23-60(2,55)56/h3-4,6,8-11,14-15,23-26,32,37,39H,5,7,12-13,16-22,27-30H2,1-2H3,(H,48,53)(H,49,54)/b23-6+/t37-,39-,44?/m0/s1. The van der Waals surface area contributed by atoms with Crippen molar-refractivity contribution >= 4 is 37.4 Å². The highest BCUT2D eigenvalue weighted by Crippen LogP contribution is 2.52. The smallest absolute Gasteiger partial charge is 0.407 e. The number of anilines is 1. The van der Waals surface area contributed by atoms with E-state index in [0.717, 1.165) is 87.5 Å². The van der Waals surface area contributed by atoms with Crippen molar-refractivity contribution in [1.29, 1.82) is 0 Å². The second-order valence-corrected chi connectivity index (χ2v) is 21.0. The molecule has 1 unspecified atom stereocenters. The van der Waals surface area contributed by atoms with Gasteiger partial charge in [0.25, 0.3) is 5.91 Å². The number of benzene rings is 3. The number of carbonyl (C=O) groups is 2. The second-order valence-electron chi connectivity index (χ2n) is 17.1. The largest absolute Gasteiger partial charge is 0.453 e. The summed E-state index contributed by atoms with van der Waals surface area (Å²) in [4.78, 5) is 30.7. The predicted molar refractivity (Wildman–Crippen MR) is 226 cm³/mol. The molecule has 0 bridgehead atoms. The number of hydrogen-bond acceptors (Lipinski definition) is 10. The average molecular weight is 886 g/mol. The van der Waals surface area contributed by atoms with Gasteiger partial charge in [-0.05, 0) is 124 Å². The van der Waals surface area contributed by atoms with Crippen LogP contribution in [0.5, 0.6) is 0 Å². The second kappa shape index (κ2) is 18.1. The molecule has 2 N–H and O–H groups in total. The van der Waals surface area contributed by atoms with Crippen LogP contribution in [0.1, 0.15) is 54.4 Å². The third-order valence-corrected chi connectivity index (χ3v) is 15.4. The molecule has 3 aromatic rings. The molecular formula is C44H54F3N5O7S2. The number of alkyl halides is 1. The first-order valence-corrected chi connectivity index (χ1v) is 24.2. The van der Waals surface area contributed by atoms with Crippen molar-refractivity contribution < 1.29 is 44.3 Å². The highest BCUT2D eigenvalue weighted by molar-refractivity contribution is 7.93. The zero-order chi connectivity index (χ0) is 43.6. The third kappa shape index (κ3) is 9.95. The van der Waals surface area contributed by atoms with Gasteiger partial charge in [-0.25, -0.2) is 34.8 Å². The number of halogens is 3. The van der Waals surface area contributed by atoms with Crippen LogP contribution in [0, 0.1) is 23.5 Å². The number of nitrogens with one attached hydrogen (secondary N) is 2. The van der Waals surface area contributed by atoms with Gasteiger partial charge in [-0.2, -0.15) is 0 Å². The number of amides is 2. The lowest BCUT2D eigenvalue weighted by Gasteiger charge is -2.54. The monoisotopic (exact) mass is 885 g/mol. The Morgan fingerprint density at radius 1 is 0.885 bits per heavy atom. The summed E-state index contributed by atoms with van der Waals surface area (Å²) in [7, 11) is -6.27. The number of piperidine rings is 1. The van der Waals surface area contributed by atoms with Crippen LogP contribution in [0.25, 0.3) is 0 Å². The van der Waals surface area contributed by atoms with E-state index in [4.69, 9.17) is 4.74 Å². The zero-order valence-corrected chi connectivity index (χ0v) is 36.1. The van der Waals surface area contributed by atoms with E-state index in [1.54, 1.807) is 17.0 Å². The number of carbonyl (C=O) groups excluding carboxylic acids is 2. The molecule has 4 fully saturated rings. The summed E-state index contributed by atoms with van der Waals surface area (Å²) in [5, 5.41) is 6.55. The fourth-order valence-corrected chi connectivity index (χ4v) is 11.7. The van der Waals surface area contributed by atoms with Crippen LogP contribution in [0.4, 0.5) is 23.7 Å². The van der Waals surface area contributed by atoms with E-state index in [2.05, 4.69) is 20.4 Å². The van der Waals surface area contributed by atoms with Crippen LogP contribution in [0.15, 0.2) is 88.0 Å². The Labute approximate surface area is 356 Å². The van der Waals surface area contributed by atoms with Crippen LogP contribution in [0.2, 0.25) is 0 Å². The Balaban J connectivity index is 1.000. The van der Waals surface area contributed by atoms with Crippen molar-refractivity contribution in [1.82, 2.24) is 20.4 Å². The minimum atomic E-state index is -4.25. The van der Waals surface area contributed by atoms with Crippen LogP contribution in [-0.2, 0) is 29.8 Å². The van der Waals surface area contributed by atoms with Gasteiger partial charge in [-0.1, -0.05) is 30.7 Å². The molecule has 61 heavy (non-hydrogen) atoms. The molecule has 7 rings (SSSR count). The van der Waals surface area contributed by atoms with Gasteiger partial charge in [0, 0.05) is 48.3 Å². The van der Waals surface area contributed by atoms with Crippen molar-refractivity contribution in [3.8, 4) is 0 Å². The molecule has 3 aliphatic heterocycles. The molecule has 0 radical (unpaired) electrons. The molecule has 2 amide bonds. The van der Waals surface area contributed by atoms with Crippen molar-refractivity contribution in [2.75, 3.05) is 77.2 Å². The van der Waals surface area contributed by atoms with Crippen LogP contribution in [-0.4, -0.2) is 123 Å². The van der Waals surface area contributed by atoms with Gasteiger partial charge < -0.3 is 25.2 Å². The first kappa shape index (κ1) is 44.6. The predicted octanol–water partition coefficient (Wildman–Crippen LogP) is 5.49. The fraction of sp³-hybridized carbons (Fsp3) is 0.500. The third-order valence-electron chi connectivity index (χ3n) is 12.9. The maximum absolute atomic E-state index is 16.4. The summed E-state index contributed by atoms with van der Waals surface area (Å²) < 4.78 is 102. The number of alkyl carbamates (subject to hydrolysis) is 1. The van der Waals surface area contributed by atoms with Gasteiger partial charge >= 0.3 is 6.09 Å². The first-order valence-electron chi connectivity index (χ1n) is 20.8. The lowest BCUT2D eigenvalue weighted by Crippen LogP contribution is -2.65. The maximum Gasteiger partial charge on any atom is 0.407 e. The summed E-state index contributed by atoms with van der Waals surface area (Å²) in [6.07, 6.45) is 7.02. The molecule has 0 spiro atoms. The molecule has 1 saturated carbocycles. The number of rotatable bonds is 15. The summed E-state index contributed by atoms with van der Waals surface area (Å²) in [6, 6.07) is 15.5. The number of likely N-dealkylation sites (tertiary alicyclic amines) is 2. The van der Waals surface area contributed by atoms with Gasteiger partial charge in [0.1, 0.15) is 11.6 Å². The Morgan fingerprint density at radius 3 is 2.26 bits per heavy atom. The SMILES string of the molecule is COC(=O)N[C@H]1CCC[C@@H]1C(CN1CCC1)(c1cccc(F)c1)C1CCN(CC2(F)CN(c3ccc(S(=O)(=O)c4cccc(C(=O)NC/C=C/S(C)(=O)=O)c4)cc3F)C2)CC1. The minimum Gasteiger partial charge on any atom is -0.453 e. The van der Waals surface area contributed by atoms with Crippen LogP contribution >= 0.6 is 0 Å². The molecular weight excluding hydrogens is 832 g/mol. The van der Waals surface area contributed by atoms with Crippen molar-refractivity contribution in [3.05, 3.63) is 101 Å². The lowest BCUT2D eigenvalue weighted by molar-refractivity contribution is 0.00575. The highest BCUT2D eigenvalue weighted by Gasteiger charge is 2.54. The minimum absolute atomic E-state index is 0.0167. The lowest BCUT2D eigenvalue weighted by atomic mass is 9.57. The molecule has 1 aliphatic carbocycles. The van der Waals surface area contributed by atoms with E-state index in [-0.39, 0.29) is 70.9 Å². The Kier molecular flexibility index (Phi) is 13.2. The number of ether oxygens (including phenoxy) is 1. The van der Waals surface area contributed by atoms with E-state index in [1.807, 2.05) is 6.07 Å². The zero-order valence-electron chi connectivity index (χ0n) is 34.5. The molecule has 3 aromatic carbocycles. The van der Waals surface area contributed by atoms with E-state index in [1.165, 1.54) is 49.6 Å². The summed E-state index contributed by atoms with van der Waals surface area (Å²) in [5.41, 5.74) is -1.04. The molecule has 3 heterocycles. The first-order chi connectivity index (χ1) is 29.0. The summed E-state index contributed by atoms with van der Waals surface area (Å²) in [5.74, 6) is -1.55. The van der Waals surface area contributed by atoms with Crippen molar-refractivity contribution in [3.63, 3.8) is 0 Å². The van der Waals surface area contributed by atoms with Crippen molar-refractivity contribution in [2.24, 2.45) is 11.8 Å². The molecule has 17 heteroatoms. The van der Waals surface area contributed by atoms with E-state index < -0.39 is 48.6 Å². The molecule has 330 valence electrons. The van der Waals surface area contributed by atoms with Crippen molar-refractivity contribution in [2.45, 2.75) is 65.4 Å². The molecule has 4 aliphatic rings. The highest BCUT2D eigenvalue weighted by atomic mass is 32.2. The Bertz CT molecular complexity index is 2350. The maximum atomic E-state index is 16.4. The van der Waals surface area contributed by atoms with Gasteiger partial charge in [-0.3, -0.25) is 9.69 Å². The number of hydrogen-bond donors (Lipinski definition) is 2. The topological polar surface area (TPSA) is 145 Å². The Morgan fingerprint density at radius 2 is 1.61 bits per heavy atom. The quantitative estimate of drug-likeness (QED) is 0.201. The van der Waals surface area contributed by atoms with E-state index in [9.17, 15) is 26.4 Å². The number of methoxy groups -OCH3 is 1. The van der Waals surface area contributed by atoms with E-state index in [0.29, 0.717) is 13.1 Å². The van der Waals surface area contributed by atoms with Crippen LogP contribution in [0.3, 0.4) is 0 Å². The summed E-state index contributed by atoms with van der Waals surface area (Å²) in [6.45, 7) is 3.83.